The van der Waals surface area contributed by atoms with E-state index in [4.69, 9.17) is 4.74 Å². The van der Waals surface area contributed by atoms with Crippen molar-refractivity contribution in [1.29, 1.82) is 0 Å². The molecular weight excluding hydrogens is 407 g/mol. The lowest BCUT2D eigenvalue weighted by Crippen LogP contribution is -2.48. The van der Waals surface area contributed by atoms with Crippen molar-refractivity contribution < 1.29 is 13.9 Å². The molecule has 2 heterocycles. The first kappa shape index (κ1) is 21.9. The van der Waals surface area contributed by atoms with Gasteiger partial charge >= 0.3 is 0 Å². The van der Waals surface area contributed by atoms with Crippen LogP contribution in [0, 0.1) is 19.7 Å². The number of aromatic nitrogens is 2. The van der Waals surface area contributed by atoms with Crippen LogP contribution >= 0.6 is 0 Å². The van der Waals surface area contributed by atoms with Crippen molar-refractivity contribution in [1.82, 2.24) is 14.7 Å². The molecule has 0 bridgehead atoms. The van der Waals surface area contributed by atoms with Gasteiger partial charge in [-0.3, -0.25) is 4.79 Å². The fraction of sp³-hybridized carbons (Fsp3) is 0.360. The Morgan fingerprint density at radius 2 is 1.75 bits per heavy atom. The molecule has 7 heteroatoms. The molecular formula is C25H29FN4O2. The summed E-state index contributed by atoms with van der Waals surface area (Å²) in [4.78, 5) is 17.1. The van der Waals surface area contributed by atoms with Crippen LogP contribution in [-0.2, 0) is 11.2 Å². The second-order valence-electron chi connectivity index (χ2n) is 8.11. The van der Waals surface area contributed by atoms with E-state index in [9.17, 15) is 9.18 Å². The molecule has 1 amide bonds. The van der Waals surface area contributed by atoms with E-state index in [-0.39, 0.29) is 11.7 Å². The Hall–Kier alpha value is -3.35. The van der Waals surface area contributed by atoms with Crippen molar-refractivity contribution in [3.05, 3.63) is 71.3 Å². The Morgan fingerprint density at radius 1 is 1.03 bits per heavy atom. The summed E-state index contributed by atoms with van der Waals surface area (Å²) in [6.45, 7) is 6.99. The van der Waals surface area contributed by atoms with Crippen molar-refractivity contribution in [3.8, 4) is 11.4 Å². The van der Waals surface area contributed by atoms with Crippen molar-refractivity contribution in [2.45, 2.75) is 26.7 Å². The smallest absolute Gasteiger partial charge is 0.223 e. The molecule has 1 aliphatic rings. The molecule has 1 saturated heterocycles. The van der Waals surface area contributed by atoms with Crippen LogP contribution in [0.1, 0.15) is 23.4 Å². The van der Waals surface area contributed by atoms with E-state index in [1.54, 1.807) is 19.2 Å². The third-order valence-electron chi connectivity index (χ3n) is 6.15. The van der Waals surface area contributed by atoms with E-state index in [2.05, 4.69) is 16.1 Å². The van der Waals surface area contributed by atoms with Crippen LogP contribution < -0.4 is 9.64 Å². The van der Waals surface area contributed by atoms with Gasteiger partial charge in [-0.25, -0.2) is 9.07 Å². The Bertz CT molecular complexity index is 1090. The van der Waals surface area contributed by atoms with Crippen LogP contribution in [0.5, 0.6) is 5.75 Å². The molecule has 0 radical (unpaired) electrons. The van der Waals surface area contributed by atoms with Gasteiger partial charge in [-0.15, -0.1) is 0 Å². The normalized spacial score (nSPS) is 14.0. The highest BCUT2D eigenvalue weighted by molar-refractivity contribution is 5.77. The average Bonchev–Trinajstić information content (AvgIpc) is 3.11. The van der Waals surface area contributed by atoms with Gasteiger partial charge in [0.05, 0.1) is 18.5 Å². The molecule has 32 heavy (non-hydrogen) atoms. The van der Waals surface area contributed by atoms with E-state index in [0.29, 0.717) is 25.9 Å². The van der Waals surface area contributed by atoms with E-state index < -0.39 is 0 Å². The highest BCUT2D eigenvalue weighted by Crippen LogP contribution is 2.23. The molecule has 0 N–H and O–H groups in total. The van der Waals surface area contributed by atoms with Gasteiger partial charge in [0.15, 0.2) is 0 Å². The fourth-order valence-corrected chi connectivity index (χ4v) is 4.28. The van der Waals surface area contributed by atoms with Crippen LogP contribution in [0.4, 0.5) is 10.1 Å². The predicted molar refractivity (Wildman–Crippen MR) is 123 cm³/mol. The standard InChI is InChI=1S/C25H29FN4O2/c1-18-24(19(2)30(27-18)21-9-7-20(26)8-10-21)11-12-25(31)29-15-13-28(14-16-29)22-5-4-6-23(17-22)32-3/h4-10,17H,11-16H2,1-3H3. The van der Waals surface area contributed by atoms with E-state index >= 15 is 0 Å². The third-order valence-corrected chi connectivity index (χ3v) is 6.15. The molecule has 2 aromatic carbocycles. The molecule has 168 valence electrons. The number of rotatable bonds is 6. The number of halogens is 1. The van der Waals surface area contributed by atoms with Crippen LogP contribution in [0.25, 0.3) is 5.69 Å². The zero-order chi connectivity index (χ0) is 22.7. The summed E-state index contributed by atoms with van der Waals surface area (Å²) in [6.07, 6.45) is 1.10. The first-order valence-electron chi connectivity index (χ1n) is 10.9. The number of hydrogen-bond donors (Lipinski definition) is 0. The number of hydrogen-bond acceptors (Lipinski definition) is 4. The lowest BCUT2D eigenvalue weighted by Gasteiger charge is -2.36. The topological polar surface area (TPSA) is 50.6 Å². The van der Waals surface area contributed by atoms with Crippen molar-refractivity contribution in [3.63, 3.8) is 0 Å². The van der Waals surface area contributed by atoms with Crippen molar-refractivity contribution in [2.24, 2.45) is 0 Å². The molecule has 4 rings (SSSR count). The zero-order valence-electron chi connectivity index (χ0n) is 18.8. The fourth-order valence-electron chi connectivity index (χ4n) is 4.28. The van der Waals surface area contributed by atoms with E-state index in [1.807, 2.05) is 41.6 Å². The third kappa shape index (κ3) is 4.61. The number of piperazine rings is 1. The summed E-state index contributed by atoms with van der Waals surface area (Å²) in [5, 5.41) is 4.61. The minimum Gasteiger partial charge on any atom is -0.497 e. The Labute approximate surface area is 188 Å². The van der Waals surface area contributed by atoms with Crippen LogP contribution in [-0.4, -0.2) is 53.9 Å². The van der Waals surface area contributed by atoms with Gasteiger partial charge in [0.1, 0.15) is 11.6 Å². The number of benzene rings is 2. The summed E-state index contributed by atoms with van der Waals surface area (Å²) in [6, 6.07) is 14.3. The molecule has 6 nitrogen and oxygen atoms in total. The summed E-state index contributed by atoms with van der Waals surface area (Å²) in [5.41, 5.74) is 4.92. The largest absolute Gasteiger partial charge is 0.497 e. The summed E-state index contributed by atoms with van der Waals surface area (Å²) in [5.74, 6) is 0.740. The Morgan fingerprint density at radius 3 is 2.44 bits per heavy atom. The minimum absolute atomic E-state index is 0.170. The highest BCUT2D eigenvalue weighted by Gasteiger charge is 2.22. The first-order valence-corrected chi connectivity index (χ1v) is 10.9. The van der Waals surface area contributed by atoms with Gasteiger partial charge in [0, 0.05) is 50.0 Å². The zero-order valence-corrected chi connectivity index (χ0v) is 18.8. The maximum Gasteiger partial charge on any atom is 0.223 e. The van der Waals surface area contributed by atoms with Crippen molar-refractivity contribution >= 4 is 11.6 Å². The molecule has 0 unspecified atom stereocenters. The Kier molecular flexibility index (Phi) is 6.44. The molecule has 1 aliphatic heterocycles. The summed E-state index contributed by atoms with van der Waals surface area (Å²) >= 11 is 0. The van der Waals surface area contributed by atoms with Crippen LogP contribution in [0.2, 0.25) is 0 Å². The minimum atomic E-state index is -0.271. The Balaban J connectivity index is 1.35. The lowest BCUT2D eigenvalue weighted by atomic mass is 10.1. The second-order valence-corrected chi connectivity index (χ2v) is 8.11. The number of amides is 1. The monoisotopic (exact) mass is 436 g/mol. The number of nitrogens with zero attached hydrogens (tertiary/aromatic N) is 4. The first-order chi connectivity index (χ1) is 15.5. The molecule has 0 aliphatic carbocycles. The highest BCUT2D eigenvalue weighted by atomic mass is 19.1. The number of methoxy groups -OCH3 is 1. The van der Waals surface area contributed by atoms with Gasteiger partial charge in [-0.05, 0) is 62.2 Å². The van der Waals surface area contributed by atoms with E-state index in [1.165, 1.54) is 12.1 Å². The molecule has 1 fully saturated rings. The van der Waals surface area contributed by atoms with Gasteiger partial charge < -0.3 is 14.5 Å². The molecule has 0 spiro atoms. The maximum absolute atomic E-state index is 13.2. The maximum atomic E-state index is 13.2. The number of aryl methyl sites for hydroxylation is 1. The number of ether oxygens (including phenoxy) is 1. The summed E-state index contributed by atoms with van der Waals surface area (Å²) in [7, 11) is 1.67. The van der Waals surface area contributed by atoms with Crippen LogP contribution in [0.3, 0.4) is 0 Å². The molecule has 0 saturated carbocycles. The predicted octanol–water partition coefficient (Wildman–Crippen LogP) is 3.92. The lowest BCUT2D eigenvalue weighted by molar-refractivity contribution is -0.131. The quantitative estimate of drug-likeness (QED) is 0.588. The average molecular weight is 437 g/mol. The van der Waals surface area contributed by atoms with Gasteiger partial charge in [-0.1, -0.05) is 6.07 Å². The second kappa shape index (κ2) is 9.42. The van der Waals surface area contributed by atoms with E-state index in [0.717, 1.165) is 47.2 Å². The molecule has 3 aromatic rings. The SMILES string of the molecule is COc1cccc(N2CCN(C(=O)CCc3c(C)nn(-c4ccc(F)cc4)c3C)CC2)c1. The molecule has 1 aromatic heterocycles. The van der Waals surface area contributed by atoms with Gasteiger partial charge in [0.2, 0.25) is 5.91 Å². The number of carbonyl (C=O) groups excluding carboxylic acids is 1. The number of anilines is 1. The summed E-state index contributed by atoms with van der Waals surface area (Å²) < 4.78 is 20.4. The van der Waals surface area contributed by atoms with Crippen molar-refractivity contribution in [2.75, 3.05) is 38.2 Å². The van der Waals surface area contributed by atoms with Gasteiger partial charge in [0.25, 0.3) is 0 Å². The van der Waals surface area contributed by atoms with Gasteiger partial charge in [-0.2, -0.15) is 5.10 Å². The molecule has 0 atom stereocenters. The van der Waals surface area contributed by atoms with Crippen LogP contribution in [0.15, 0.2) is 48.5 Å². The number of carbonyl (C=O) groups is 1.